The van der Waals surface area contributed by atoms with Crippen molar-refractivity contribution in [3.63, 3.8) is 0 Å². The molecule has 0 saturated heterocycles. The Bertz CT molecular complexity index is 671. The summed E-state index contributed by atoms with van der Waals surface area (Å²) in [4.78, 5) is 22.0. The van der Waals surface area contributed by atoms with Gasteiger partial charge in [0.2, 0.25) is 5.91 Å². The maximum Gasteiger partial charge on any atom is 0.271 e. The van der Waals surface area contributed by atoms with Crippen LogP contribution in [0.4, 0.5) is 17.1 Å². The van der Waals surface area contributed by atoms with Crippen LogP contribution in [-0.2, 0) is 4.79 Å². The van der Waals surface area contributed by atoms with Gasteiger partial charge >= 0.3 is 0 Å². The highest BCUT2D eigenvalue weighted by molar-refractivity contribution is 5.94. The Kier molecular flexibility index (Phi) is 4.50. The van der Waals surface area contributed by atoms with Crippen LogP contribution in [-0.4, -0.2) is 17.4 Å². The molecule has 0 aliphatic rings. The number of hydrogen-bond acceptors (Lipinski definition) is 4. The molecule has 2 rings (SSSR count). The summed E-state index contributed by atoms with van der Waals surface area (Å²) >= 11 is 0. The van der Waals surface area contributed by atoms with Gasteiger partial charge in [0, 0.05) is 23.5 Å². The molecule has 0 aliphatic heterocycles. The van der Waals surface area contributed by atoms with Crippen LogP contribution in [0.15, 0.2) is 48.5 Å². The van der Waals surface area contributed by atoms with E-state index < -0.39 is 4.92 Å². The van der Waals surface area contributed by atoms with Gasteiger partial charge in [0.15, 0.2) is 0 Å². The number of nitro groups is 1. The quantitative estimate of drug-likeness (QED) is 0.653. The lowest BCUT2D eigenvalue weighted by Crippen LogP contribution is -2.22. The standard InChI is InChI=1S/C15H15N3O3/c1-11-5-2-3-8-14(11)16-10-15(19)17-12-6-4-7-13(9-12)18(20)21/h2-9,16H,10H2,1H3,(H,17,19). The average Bonchev–Trinajstić information content (AvgIpc) is 2.46. The van der Waals surface area contributed by atoms with Gasteiger partial charge in [0.25, 0.3) is 5.69 Å². The van der Waals surface area contributed by atoms with Gasteiger partial charge in [0.1, 0.15) is 0 Å². The van der Waals surface area contributed by atoms with E-state index in [4.69, 9.17) is 0 Å². The Morgan fingerprint density at radius 2 is 1.95 bits per heavy atom. The van der Waals surface area contributed by atoms with Crippen molar-refractivity contribution in [2.45, 2.75) is 6.92 Å². The van der Waals surface area contributed by atoms with Gasteiger partial charge in [-0.05, 0) is 24.6 Å². The third-order valence-electron chi connectivity index (χ3n) is 2.93. The van der Waals surface area contributed by atoms with E-state index in [1.54, 1.807) is 6.07 Å². The Hall–Kier alpha value is -2.89. The van der Waals surface area contributed by atoms with Gasteiger partial charge in [0.05, 0.1) is 11.5 Å². The molecule has 0 unspecified atom stereocenters. The van der Waals surface area contributed by atoms with Gasteiger partial charge in [-0.15, -0.1) is 0 Å². The predicted molar refractivity (Wildman–Crippen MR) is 81.4 cm³/mol. The number of hydrogen-bond donors (Lipinski definition) is 2. The van der Waals surface area contributed by atoms with Crippen LogP contribution in [0, 0.1) is 17.0 Å². The van der Waals surface area contributed by atoms with E-state index in [1.807, 2.05) is 31.2 Å². The first-order valence-electron chi connectivity index (χ1n) is 6.40. The van der Waals surface area contributed by atoms with Gasteiger partial charge in [-0.25, -0.2) is 0 Å². The summed E-state index contributed by atoms with van der Waals surface area (Å²) in [5.41, 5.74) is 2.27. The lowest BCUT2D eigenvalue weighted by Gasteiger charge is -2.09. The number of carbonyl (C=O) groups excluding carboxylic acids is 1. The molecule has 0 aromatic heterocycles. The van der Waals surface area contributed by atoms with Crippen molar-refractivity contribution in [1.82, 2.24) is 0 Å². The fourth-order valence-corrected chi connectivity index (χ4v) is 1.85. The van der Waals surface area contributed by atoms with Crippen molar-refractivity contribution in [2.75, 3.05) is 17.2 Å². The zero-order chi connectivity index (χ0) is 15.2. The molecule has 6 heteroatoms. The SMILES string of the molecule is Cc1ccccc1NCC(=O)Nc1cccc([N+](=O)[O-])c1. The second-order valence-electron chi connectivity index (χ2n) is 4.52. The predicted octanol–water partition coefficient (Wildman–Crippen LogP) is 2.95. The molecule has 0 bridgehead atoms. The Morgan fingerprint density at radius 3 is 2.67 bits per heavy atom. The van der Waals surface area contributed by atoms with Crippen LogP contribution in [0.5, 0.6) is 0 Å². The molecular formula is C15H15N3O3. The molecule has 2 aromatic rings. The van der Waals surface area contributed by atoms with E-state index in [0.29, 0.717) is 5.69 Å². The molecule has 108 valence electrons. The third kappa shape index (κ3) is 4.04. The van der Waals surface area contributed by atoms with Crippen LogP contribution in [0.1, 0.15) is 5.56 Å². The fraction of sp³-hybridized carbons (Fsp3) is 0.133. The van der Waals surface area contributed by atoms with Gasteiger partial charge < -0.3 is 10.6 Å². The maximum atomic E-state index is 11.8. The van der Waals surface area contributed by atoms with Gasteiger partial charge in [-0.2, -0.15) is 0 Å². The van der Waals surface area contributed by atoms with E-state index in [0.717, 1.165) is 11.3 Å². The van der Waals surface area contributed by atoms with E-state index in [-0.39, 0.29) is 18.1 Å². The number of non-ortho nitro benzene ring substituents is 1. The normalized spacial score (nSPS) is 9.95. The van der Waals surface area contributed by atoms with Crippen molar-refractivity contribution in [2.24, 2.45) is 0 Å². The zero-order valence-corrected chi connectivity index (χ0v) is 11.5. The smallest absolute Gasteiger partial charge is 0.271 e. The van der Waals surface area contributed by atoms with Gasteiger partial charge in [-0.1, -0.05) is 24.3 Å². The molecule has 0 spiro atoms. The number of para-hydroxylation sites is 1. The highest BCUT2D eigenvalue weighted by atomic mass is 16.6. The van der Waals surface area contributed by atoms with Crippen molar-refractivity contribution in [3.05, 3.63) is 64.2 Å². The highest BCUT2D eigenvalue weighted by Gasteiger charge is 2.08. The average molecular weight is 285 g/mol. The summed E-state index contributed by atoms with van der Waals surface area (Å²) in [5, 5.41) is 16.3. The monoisotopic (exact) mass is 285 g/mol. The number of aryl methyl sites for hydroxylation is 1. The van der Waals surface area contributed by atoms with Crippen LogP contribution >= 0.6 is 0 Å². The number of benzene rings is 2. The topological polar surface area (TPSA) is 84.3 Å². The Labute approximate surface area is 121 Å². The summed E-state index contributed by atoms with van der Waals surface area (Å²) in [6.45, 7) is 2.04. The number of amides is 1. The fourth-order valence-electron chi connectivity index (χ4n) is 1.85. The summed E-state index contributed by atoms with van der Waals surface area (Å²) in [5.74, 6) is -0.265. The second kappa shape index (κ2) is 6.51. The molecular weight excluding hydrogens is 270 g/mol. The minimum absolute atomic E-state index is 0.0559. The summed E-state index contributed by atoms with van der Waals surface area (Å²) < 4.78 is 0. The van der Waals surface area contributed by atoms with Gasteiger partial charge in [-0.3, -0.25) is 14.9 Å². The lowest BCUT2D eigenvalue weighted by atomic mass is 10.2. The van der Waals surface area contributed by atoms with E-state index in [9.17, 15) is 14.9 Å². The molecule has 2 N–H and O–H groups in total. The minimum atomic E-state index is -0.499. The van der Waals surface area contributed by atoms with Crippen LogP contribution in [0.25, 0.3) is 0 Å². The first kappa shape index (κ1) is 14.5. The summed E-state index contributed by atoms with van der Waals surface area (Å²) in [7, 11) is 0. The maximum absolute atomic E-state index is 11.8. The minimum Gasteiger partial charge on any atom is -0.376 e. The molecule has 0 saturated carbocycles. The van der Waals surface area contributed by atoms with Crippen LogP contribution in [0.3, 0.4) is 0 Å². The molecule has 0 aliphatic carbocycles. The molecule has 0 atom stereocenters. The number of nitro benzene ring substituents is 1. The lowest BCUT2D eigenvalue weighted by molar-refractivity contribution is -0.384. The van der Waals surface area contributed by atoms with Crippen LogP contribution in [0.2, 0.25) is 0 Å². The summed E-state index contributed by atoms with van der Waals surface area (Å²) in [6.07, 6.45) is 0. The van der Waals surface area contributed by atoms with Crippen LogP contribution < -0.4 is 10.6 Å². The number of nitrogens with zero attached hydrogens (tertiary/aromatic N) is 1. The molecule has 6 nitrogen and oxygen atoms in total. The largest absolute Gasteiger partial charge is 0.376 e. The van der Waals surface area contributed by atoms with Crippen molar-refractivity contribution in [1.29, 1.82) is 0 Å². The summed E-state index contributed by atoms with van der Waals surface area (Å²) in [6, 6.07) is 13.5. The molecule has 1 amide bonds. The molecule has 0 heterocycles. The first-order valence-corrected chi connectivity index (χ1v) is 6.40. The number of anilines is 2. The molecule has 0 fully saturated rings. The van der Waals surface area contributed by atoms with E-state index in [2.05, 4.69) is 10.6 Å². The first-order chi connectivity index (χ1) is 10.1. The van der Waals surface area contributed by atoms with Crippen molar-refractivity contribution < 1.29 is 9.72 Å². The van der Waals surface area contributed by atoms with E-state index >= 15 is 0 Å². The Morgan fingerprint density at radius 1 is 1.19 bits per heavy atom. The number of carbonyl (C=O) groups is 1. The molecule has 21 heavy (non-hydrogen) atoms. The third-order valence-corrected chi connectivity index (χ3v) is 2.93. The van der Waals surface area contributed by atoms with Crippen molar-refractivity contribution >= 4 is 23.0 Å². The second-order valence-corrected chi connectivity index (χ2v) is 4.52. The number of nitrogens with one attached hydrogen (secondary N) is 2. The van der Waals surface area contributed by atoms with Crippen molar-refractivity contribution in [3.8, 4) is 0 Å². The highest BCUT2D eigenvalue weighted by Crippen LogP contribution is 2.17. The zero-order valence-electron chi connectivity index (χ0n) is 11.5. The Balaban J connectivity index is 1.95. The van der Waals surface area contributed by atoms with E-state index in [1.165, 1.54) is 18.2 Å². The molecule has 0 radical (unpaired) electrons. The molecule has 2 aromatic carbocycles. The number of rotatable bonds is 5.